The van der Waals surface area contributed by atoms with E-state index in [2.05, 4.69) is 12.2 Å². The zero-order chi connectivity index (χ0) is 19.8. The molecule has 148 valence electrons. The van der Waals surface area contributed by atoms with Crippen LogP contribution in [-0.4, -0.2) is 29.8 Å². The molecule has 1 N–H and O–H groups in total. The number of carbonyl (C=O) groups is 2. The highest BCUT2D eigenvalue weighted by Gasteiger charge is 2.27. The van der Waals surface area contributed by atoms with Gasteiger partial charge < -0.3 is 15.0 Å². The van der Waals surface area contributed by atoms with Crippen LogP contribution < -0.4 is 10.1 Å². The van der Waals surface area contributed by atoms with Crippen LogP contribution >= 0.6 is 0 Å². The maximum absolute atomic E-state index is 12.8. The molecule has 2 amide bonds. The SMILES string of the molecule is CCCCC(=O)N1CCC(C(=O)Nc2ccccc2Oc2ccccc2)CC1. The average Bonchev–Trinajstić information content (AvgIpc) is 2.74. The molecule has 2 aromatic carbocycles. The molecule has 2 aromatic rings. The second-order valence-corrected chi connectivity index (χ2v) is 7.16. The number of nitrogens with zero attached hydrogens (tertiary/aromatic N) is 1. The van der Waals surface area contributed by atoms with Crippen LogP contribution in [0.15, 0.2) is 54.6 Å². The van der Waals surface area contributed by atoms with Crippen LogP contribution in [0.4, 0.5) is 5.69 Å². The fraction of sp³-hybridized carbons (Fsp3) is 0.391. The summed E-state index contributed by atoms with van der Waals surface area (Å²) in [4.78, 5) is 26.8. The van der Waals surface area contributed by atoms with Crippen molar-refractivity contribution >= 4 is 17.5 Å². The van der Waals surface area contributed by atoms with Crippen molar-refractivity contribution in [1.82, 2.24) is 4.90 Å². The number of amides is 2. The van der Waals surface area contributed by atoms with Gasteiger partial charge in [0.2, 0.25) is 11.8 Å². The van der Waals surface area contributed by atoms with E-state index in [4.69, 9.17) is 4.74 Å². The number of hydrogen-bond donors (Lipinski definition) is 1. The van der Waals surface area contributed by atoms with E-state index < -0.39 is 0 Å². The molecule has 0 aromatic heterocycles. The molecule has 1 saturated heterocycles. The third-order valence-corrected chi connectivity index (χ3v) is 5.08. The molecule has 0 aliphatic carbocycles. The van der Waals surface area contributed by atoms with E-state index in [1.54, 1.807) is 0 Å². The van der Waals surface area contributed by atoms with E-state index in [1.165, 1.54) is 0 Å². The summed E-state index contributed by atoms with van der Waals surface area (Å²) in [6.07, 6.45) is 3.96. The van der Waals surface area contributed by atoms with E-state index in [0.717, 1.165) is 18.6 Å². The van der Waals surface area contributed by atoms with Gasteiger partial charge in [-0.1, -0.05) is 43.7 Å². The molecule has 1 fully saturated rings. The number of piperidine rings is 1. The first-order valence-electron chi connectivity index (χ1n) is 10.1. The van der Waals surface area contributed by atoms with Crippen LogP contribution in [0.2, 0.25) is 0 Å². The first kappa shape index (κ1) is 19.9. The van der Waals surface area contributed by atoms with E-state index >= 15 is 0 Å². The highest BCUT2D eigenvalue weighted by atomic mass is 16.5. The first-order chi connectivity index (χ1) is 13.7. The maximum atomic E-state index is 12.8. The van der Waals surface area contributed by atoms with E-state index in [-0.39, 0.29) is 17.7 Å². The number of para-hydroxylation sites is 3. The van der Waals surface area contributed by atoms with Crippen molar-refractivity contribution in [2.75, 3.05) is 18.4 Å². The summed E-state index contributed by atoms with van der Waals surface area (Å²) in [7, 11) is 0. The van der Waals surface area contributed by atoms with Gasteiger partial charge in [-0.2, -0.15) is 0 Å². The van der Waals surface area contributed by atoms with Crippen molar-refractivity contribution in [2.24, 2.45) is 5.92 Å². The van der Waals surface area contributed by atoms with E-state index in [1.807, 2.05) is 59.5 Å². The largest absolute Gasteiger partial charge is 0.455 e. The number of benzene rings is 2. The topological polar surface area (TPSA) is 58.6 Å². The minimum absolute atomic E-state index is 0.00947. The van der Waals surface area contributed by atoms with Crippen LogP contribution in [0.5, 0.6) is 11.5 Å². The Labute approximate surface area is 166 Å². The lowest BCUT2D eigenvalue weighted by Crippen LogP contribution is -2.41. The van der Waals surface area contributed by atoms with E-state index in [9.17, 15) is 9.59 Å². The van der Waals surface area contributed by atoms with Crippen LogP contribution in [0.25, 0.3) is 0 Å². The Balaban J connectivity index is 1.56. The molecule has 0 radical (unpaired) electrons. The lowest BCUT2D eigenvalue weighted by Gasteiger charge is -2.31. The monoisotopic (exact) mass is 380 g/mol. The van der Waals surface area contributed by atoms with Crippen molar-refractivity contribution in [1.29, 1.82) is 0 Å². The van der Waals surface area contributed by atoms with Gasteiger partial charge in [-0.15, -0.1) is 0 Å². The summed E-state index contributed by atoms with van der Waals surface area (Å²) >= 11 is 0. The minimum atomic E-state index is -0.0833. The Hall–Kier alpha value is -2.82. The average molecular weight is 380 g/mol. The van der Waals surface area contributed by atoms with Gasteiger partial charge in [-0.05, 0) is 43.5 Å². The van der Waals surface area contributed by atoms with Crippen molar-refractivity contribution in [2.45, 2.75) is 39.0 Å². The number of carbonyl (C=O) groups excluding carboxylic acids is 2. The summed E-state index contributed by atoms with van der Waals surface area (Å²) < 4.78 is 5.92. The van der Waals surface area contributed by atoms with E-state index in [0.29, 0.717) is 43.8 Å². The summed E-state index contributed by atoms with van der Waals surface area (Å²) in [6, 6.07) is 17.0. The summed E-state index contributed by atoms with van der Waals surface area (Å²) in [5, 5.41) is 3.01. The Morgan fingerprint density at radius 1 is 1.04 bits per heavy atom. The van der Waals surface area contributed by atoms with Crippen molar-refractivity contribution in [3.8, 4) is 11.5 Å². The molecule has 28 heavy (non-hydrogen) atoms. The summed E-state index contributed by atoms with van der Waals surface area (Å²) in [5.41, 5.74) is 0.665. The number of rotatable bonds is 7. The Kier molecular flexibility index (Phi) is 7.06. The molecule has 0 unspecified atom stereocenters. The van der Waals surface area contributed by atoms with Crippen molar-refractivity contribution in [3.05, 3.63) is 54.6 Å². The molecule has 1 aliphatic heterocycles. The van der Waals surface area contributed by atoms with Gasteiger partial charge in [-0.25, -0.2) is 0 Å². The fourth-order valence-electron chi connectivity index (χ4n) is 3.39. The normalized spacial score (nSPS) is 14.5. The Morgan fingerprint density at radius 3 is 2.43 bits per heavy atom. The van der Waals surface area contributed by atoms with Crippen LogP contribution in [-0.2, 0) is 9.59 Å². The highest BCUT2D eigenvalue weighted by molar-refractivity contribution is 5.94. The molecule has 0 atom stereocenters. The third kappa shape index (κ3) is 5.35. The first-order valence-corrected chi connectivity index (χ1v) is 10.1. The van der Waals surface area contributed by atoms with Crippen LogP contribution in [0.3, 0.4) is 0 Å². The highest BCUT2D eigenvalue weighted by Crippen LogP contribution is 2.30. The van der Waals surface area contributed by atoms with Gasteiger partial charge in [0.15, 0.2) is 5.75 Å². The number of unbranched alkanes of at least 4 members (excludes halogenated alkanes) is 1. The molecule has 1 aliphatic rings. The third-order valence-electron chi connectivity index (χ3n) is 5.08. The summed E-state index contributed by atoms with van der Waals surface area (Å²) in [5.74, 6) is 1.46. The molecule has 5 nitrogen and oxygen atoms in total. The lowest BCUT2D eigenvalue weighted by atomic mass is 9.95. The lowest BCUT2D eigenvalue weighted by molar-refractivity contribution is -0.134. The fourth-order valence-corrected chi connectivity index (χ4v) is 3.39. The number of likely N-dealkylation sites (tertiary alicyclic amines) is 1. The quantitative estimate of drug-likeness (QED) is 0.747. The van der Waals surface area contributed by atoms with Gasteiger partial charge in [0, 0.05) is 25.4 Å². The van der Waals surface area contributed by atoms with Gasteiger partial charge >= 0.3 is 0 Å². The standard InChI is InChI=1S/C23H28N2O3/c1-2-3-13-22(26)25-16-14-18(15-17-25)23(27)24-20-11-7-8-12-21(20)28-19-9-5-4-6-10-19/h4-12,18H,2-3,13-17H2,1H3,(H,24,27). The molecule has 0 saturated carbocycles. The van der Waals surface area contributed by atoms with Crippen molar-refractivity contribution in [3.63, 3.8) is 0 Å². The predicted octanol–water partition coefficient (Wildman–Crippen LogP) is 4.85. The smallest absolute Gasteiger partial charge is 0.227 e. The number of hydrogen-bond acceptors (Lipinski definition) is 3. The molecule has 5 heteroatoms. The molecule has 0 spiro atoms. The van der Waals surface area contributed by atoms with Gasteiger partial charge in [0.05, 0.1) is 5.69 Å². The second-order valence-electron chi connectivity index (χ2n) is 7.16. The van der Waals surface area contributed by atoms with Gasteiger partial charge in [-0.3, -0.25) is 9.59 Å². The molecule has 3 rings (SSSR count). The Bertz CT molecular complexity index is 783. The second kappa shape index (κ2) is 9.93. The van der Waals surface area contributed by atoms with Crippen LogP contribution in [0.1, 0.15) is 39.0 Å². The minimum Gasteiger partial charge on any atom is -0.455 e. The maximum Gasteiger partial charge on any atom is 0.227 e. The number of nitrogens with one attached hydrogen (secondary N) is 1. The summed E-state index contributed by atoms with van der Waals surface area (Å²) in [6.45, 7) is 3.40. The van der Waals surface area contributed by atoms with Crippen molar-refractivity contribution < 1.29 is 14.3 Å². The zero-order valence-electron chi connectivity index (χ0n) is 16.4. The molecular weight excluding hydrogens is 352 g/mol. The molecular formula is C23H28N2O3. The Morgan fingerprint density at radius 2 is 1.71 bits per heavy atom. The number of anilines is 1. The van der Waals surface area contributed by atoms with Gasteiger partial charge in [0.1, 0.15) is 5.75 Å². The zero-order valence-corrected chi connectivity index (χ0v) is 16.4. The van der Waals surface area contributed by atoms with Gasteiger partial charge in [0.25, 0.3) is 0 Å². The predicted molar refractivity (Wildman–Crippen MR) is 110 cm³/mol. The molecule has 0 bridgehead atoms. The van der Waals surface area contributed by atoms with Crippen LogP contribution in [0, 0.1) is 5.92 Å². The molecule has 1 heterocycles. The number of ether oxygens (including phenoxy) is 1.